The summed E-state index contributed by atoms with van der Waals surface area (Å²) in [6, 6.07) is 0. The first kappa shape index (κ1) is 38.9. The molecule has 0 N–H and O–H groups in total. The molecule has 0 amide bonds. The number of rotatable bonds is 15. The van der Waals surface area contributed by atoms with Crippen LogP contribution >= 0.6 is 0 Å². The van der Waals surface area contributed by atoms with E-state index < -0.39 is 87.2 Å². The zero-order chi connectivity index (χ0) is 32.8. The van der Waals surface area contributed by atoms with E-state index in [0.717, 1.165) is 41.5 Å². The Hall–Kier alpha value is -1.09. The van der Waals surface area contributed by atoms with Crippen LogP contribution in [0.25, 0.3) is 0 Å². The van der Waals surface area contributed by atoms with Crippen LogP contribution in [0.15, 0.2) is 0 Å². The summed E-state index contributed by atoms with van der Waals surface area (Å²) in [4.78, 5) is 0. The van der Waals surface area contributed by atoms with Gasteiger partial charge >= 0.3 is 56.1 Å². The SMILES string of the molecule is CC(C)O[Si](OC(C)C)(OC(C)C)C(F)(F)C(F)(F)C(F)(F)C(F)(F)C(F)(F)C(F)(F)C(F)(F)CCC(F)(F)F. The van der Waals surface area contributed by atoms with E-state index in [0.29, 0.717) is 0 Å². The molecule has 0 aromatic carbocycles. The fourth-order valence-corrected chi connectivity index (χ4v) is 5.92. The lowest BCUT2D eigenvalue weighted by molar-refractivity contribution is -0.439. The lowest BCUT2D eigenvalue weighted by Gasteiger charge is -2.46. The number of hydrogen-bond donors (Lipinski definition) is 0. The van der Waals surface area contributed by atoms with E-state index in [9.17, 15) is 65.9 Å². The highest BCUT2D eigenvalue weighted by Crippen LogP contribution is 2.64. The molecule has 0 aromatic rings. The van der Waals surface area contributed by atoms with Crippen LogP contribution < -0.4 is 0 Å². The summed E-state index contributed by atoms with van der Waals surface area (Å²) in [5, 5.41) is 0. The van der Waals surface area contributed by atoms with E-state index in [1.54, 1.807) is 0 Å². The van der Waals surface area contributed by atoms with Crippen molar-refractivity contribution < 1.29 is 87.9 Å². The summed E-state index contributed by atoms with van der Waals surface area (Å²) in [5.41, 5.74) is -6.85. The molecule has 0 aromatic heterocycles. The molecule has 0 spiro atoms. The molecule has 0 saturated heterocycles. The normalized spacial score (nSPS) is 16.1. The standard InChI is InChI=1S/C19H25F17O3Si/c1-9(2)37-40(38-10(3)4,39-11(5)6)19(35,36)18(33,34)17(31,32)16(29,30)15(27,28)14(25,26)12(20,21)7-8-13(22,23)24/h9-11H,7-8H2,1-6H3. The molecule has 0 saturated carbocycles. The van der Waals surface area contributed by atoms with E-state index in [1.165, 1.54) is 0 Å². The average molecular weight is 652 g/mol. The summed E-state index contributed by atoms with van der Waals surface area (Å²) in [7, 11) is -6.81. The molecule has 0 heterocycles. The van der Waals surface area contributed by atoms with Crippen LogP contribution in [0.2, 0.25) is 0 Å². The maximum absolute atomic E-state index is 15.2. The molecule has 40 heavy (non-hydrogen) atoms. The summed E-state index contributed by atoms with van der Waals surface area (Å²) in [6.45, 7) is 4.88. The Morgan fingerprint density at radius 2 is 0.700 bits per heavy atom. The molecule has 0 atom stereocenters. The Morgan fingerprint density at radius 1 is 0.425 bits per heavy atom. The van der Waals surface area contributed by atoms with Gasteiger partial charge in [-0.2, -0.15) is 74.6 Å². The van der Waals surface area contributed by atoms with Crippen LogP contribution in [0, 0.1) is 0 Å². The Balaban J connectivity index is 7.17. The van der Waals surface area contributed by atoms with Gasteiger partial charge in [-0.25, -0.2) is 0 Å². The maximum atomic E-state index is 15.2. The van der Waals surface area contributed by atoms with E-state index in [2.05, 4.69) is 13.3 Å². The fourth-order valence-electron chi connectivity index (χ4n) is 2.90. The molecule has 0 fully saturated rings. The third-order valence-corrected chi connectivity index (χ3v) is 8.14. The summed E-state index contributed by atoms with van der Waals surface area (Å²) in [6.07, 6.45) is -17.3. The zero-order valence-electron chi connectivity index (χ0n) is 21.3. The second-order valence-corrected chi connectivity index (χ2v) is 11.8. The maximum Gasteiger partial charge on any atom is 0.582 e. The number of halogens is 17. The highest BCUT2D eigenvalue weighted by Gasteiger charge is 2.96. The van der Waals surface area contributed by atoms with Gasteiger partial charge in [0.1, 0.15) is 0 Å². The molecule has 0 rings (SSSR count). The smallest absolute Gasteiger partial charge is 0.367 e. The largest absolute Gasteiger partial charge is 0.582 e. The predicted octanol–water partition coefficient (Wildman–Crippen LogP) is 8.53. The van der Waals surface area contributed by atoms with Gasteiger partial charge < -0.3 is 13.3 Å². The predicted molar refractivity (Wildman–Crippen MR) is 104 cm³/mol. The van der Waals surface area contributed by atoms with Crippen LogP contribution in [-0.2, 0) is 13.3 Å². The van der Waals surface area contributed by atoms with E-state index >= 15 is 8.78 Å². The summed E-state index contributed by atoms with van der Waals surface area (Å²) >= 11 is 0. The van der Waals surface area contributed by atoms with Gasteiger partial charge in [-0.05, 0) is 41.5 Å². The molecule has 0 aliphatic heterocycles. The van der Waals surface area contributed by atoms with Crippen molar-refractivity contribution >= 4 is 8.80 Å². The quantitative estimate of drug-likeness (QED) is 0.131. The van der Waals surface area contributed by atoms with Crippen molar-refractivity contribution in [2.45, 2.75) is 120 Å². The molecule has 0 unspecified atom stereocenters. The van der Waals surface area contributed by atoms with Gasteiger partial charge in [0.25, 0.3) is 0 Å². The van der Waals surface area contributed by atoms with Crippen molar-refractivity contribution in [2.24, 2.45) is 0 Å². The van der Waals surface area contributed by atoms with Crippen molar-refractivity contribution in [3.05, 3.63) is 0 Å². The minimum Gasteiger partial charge on any atom is -0.367 e. The first-order valence-electron chi connectivity index (χ1n) is 11.0. The summed E-state index contributed by atoms with van der Waals surface area (Å²) < 4.78 is 250. The van der Waals surface area contributed by atoms with Gasteiger partial charge in [0, 0.05) is 31.2 Å². The van der Waals surface area contributed by atoms with Crippen LogP contribution in [0.4, 0.5) is 74.6 Å². The van der Waals surface area contributed by atoms with Gasteiger partial charge in [-0.1, -0.05) is 0 Å². The van der Waals surface area contributed by atoms with Crippen molar-refractivity contribution in [3.8, 4) is 0 Å². The lowest BCUT2D eigenvalue weighted by Crippen LogP contribution is -2.78. The van der Waals surface area contributed by atoms with Crippen molar-refractivity contribution in [3.63, 3.8) is 0 Å². The molecule has 0 radical (unpaired) electrons. The van der Waals surface area contributed by atoms with Gasteiger partial charge in [0.2, 0.25) is 0 Å². The van der Waals surface area contributed by atoms with Gasteiger partial charge in [0.15, 0.2) is 0 Å². The first-order valence-corrected chi connectivity index (χ1v) is 12.7. The van der Waals surface area contributed by atoms with E-state index in [1.807, 2.05) is 0 Å². The van der Waals surface area contributed by atoms with Crippen LogP contribution in [-0.4, -0.2) is 74.4 Å². The third-order valence-electron chi connectivity index (χ3n) is 4.71. The topological polar surface area (TPSA) is 27.7 Å². The third kappa shape index (κ3) is 6.76. The van der Waals surface area contributed by atoms with E-state index in [-0.39, 0.29) is 0 Å². The van der Waals surface area contributed by atoms with Gasteiger partial charge in [-0.15, -0.1) is 0 Å². The Kier molecular flexibility index (Phi) is 11.2. The highest BCUT2D eigenvalue weighted by atomic mass is 28.4. The molecule has 3 nitrogen and oxygen atoms in total. The Morgan fingerprint density at radius 3 is 0.975 bits per heavy atom. The molecule has 0 bridgehead atoms. The Labute approximate surface area is 217 Å². The second kappa shape index (κ2) is 11.5. The van der Waals surface area contributed by atoms with Crippen LogP contribution in [0.5, 0.6) is 0 Å². The molecule has 0 aliphatic rings. The molecule has 242 valence electrons. The van der Waals surface area contributed by atoms with Crippen molar-refractivity contribution in [1.82, 2.24) is 0 Å². The number of alkyl halides is 17. The molecule has 21 heteroatoms. The highest BCUT2D eigenvalue weighted by molar-refractivity contribution is 6.64. The van der Waals surface area contributed by atoms with Gasteiger partial charge in [0.05, 0.1) is 0 Å². The first-order chi connectivity index (χ1) is 17.2. The fraction of sp³-hybridized carbons (Fsp3) is 1.00. The lowest BCUT2D eigenvalue weighted by atomic mass is 9.90. The number of hydrogen-bond acceptors (Lipinski definition) is 3. The van der Waals surface area contributed by atoms with E-state index in [4.69, 9.17) is 0 Å². The molecule has 0 aliphatic carbocycles. The minimum absolute atomic E-state index is 0.813. The molecular weight excluding hydrogens is 627 g/mol. The van der Waals surface area contributed by atoms with Gasteiger partial charge in [-0.3, -0.25) is 0 Å². The van der Waals surface area contributed by atoms with Crippen LogP contribution in [0.1, 0.15) is 54.4 Å². The monoisotopic (exact) mass is 652 g/mol. The van der Waals surface area contributed by atoms with Crippen molar-refractivity contribution in [2.75, 3.05) is 0 Å². The second-order valence-electron chi connectivity index (χ2n) is 9.32. The summed E-state index contributed by atoms with van der Waals surface area (Å²) in [5.74, 6) is -47.8. The Bertz CT molecular complexity index is 814. The van der Waals surface area contributed by atoms with Crippen molar-refractivity contribution in [1.29, 1.82) is 0 Å². The average Bonchev–Trinajstić information content (AvgIpc) is 2.69. The zero-order valence-corrected chi connectivity index (χ0v) is 22.3. The minimum atomic E-state index is -8.47. The van der Waals surface area contributed by atoms with Crippen LogP contribution in [0.3, 0.4) is 0 Å². The molecular formula is C19H25F17O3Si.